The summed E-state index contributed by atoms with van der Waals surface area (Å²) in [5, 5.41) is 10.3. The molecule has 1 saturated heterocycles. The third-order valence-electron chi connectivity index (χ3n) is 1.90. The first-order chi connectivity index (χ1) is 7.09. The highest BCUT2D eigenvalue weighted by molar-refractivity contribution is 7.19. The Morgan fingerprint density at radius 1 is 1.40 bits per heavy atom. The molecule has 78 valence electrons. The van der Waals surface area contributed by atoms with E-state index in [2.05, 4.69) is 4.98 Å². The van der Waals surface area contributed by atoms with Gasteiger partial charge in [-0.05, 0) is 11.3 Å². The van der Waals surface area contributed by atoms with Gasteiger partial charge in [0, 0.05) is 12.8 Å². The standard InChI is InChI=1S/C7H5N3O4S/c11-4-1-2-5(12)9(4)7-8-3-6(15-7)10(13)14/h3H,1-2H2. The molecule has 0 spiro atoms. The molecule has 2 amide bonds. The van der Waals surface area contributed by atoms with Crippen molar-refractivity contribution in [3.8, 4) is 0 Å². The minimum absolute atomic E-state index is 0.0780. The van der Waals surface area contributed by atoms with Crippen molar-refractivity contribution in [2.75, 3.05) is 4.90 Å². The number of anilines is 1. The van der Waals surface area contributed by atoms with Gasteiger partial charge in [0.1, 0.15) is 6.20 Å². The van der Waals surface area contributed by atoms with Gasteiger partial charge in [-0.3, -0.25) is 19.7 Å². The number of hydrogen-bond acceptors (Lipinski definition) is 6. The normalized spacial score (nSPS) is 16.1. The van der Waals surface area contributed by atoms with Crippen molar-refractivity contribution in [2.24, 2.45) is 0 Å². The molecule has 1 aromatic rings. The quantitative estimate of drug-likeness (QED) is 0.421. The van der Waals surface area contributed by atoms with E-state index in [-0.39, 0.29) is 34.8 Å². The maximum absolute atomic E-state index is 11.3. The van der Waals surface area contributed by atoms with Gasteiger partial charge in [-0.25, -0.2) is 9.88 Å². The van der Waals surface area contributed by atoms with Crippen LogP contribution in [-0.2, 0) is 9.59 Å². The molecule has 0 aliphatic carbocycles. The van der Waals surface area contributed by atoms with Crippen LogP contribution in [0.5, 0.6) is 0 Å². The zero-order valence-corrected chi connectivity index (χ0v) is 8.19. The Balaban J connectivity index is 2.33. The Hall–Kier alpha value is -1.83. The van der Waals surface area contributed by atoms with Crippen molar-refractivity contribution in [3.05, 3.63) is 16.3 Å². The summed E-state index contributed by atoms with van der Waals surface area (Å²) in [6.45, 7) is 0. The molecule has 15 heavy (non-hydrogen) atoms. The molecule has 0 saturated carbocycles. The lowest BCUT2D eigenvalue weighted by atomic mass is 10.4. The Kier molecular flexibility index (Phi) is 2.19. The maximum Gasteiger partial charge on any atom is 0.345 e. The van der Waals surface area contributed by atoms with E-state index < -0.39 is 4.92 Å². The fourth-order valence-electron chi connectivity index (χ4n) is 1.23. The van der Waals surface area contributed by atoms with Gasteiger partial charge in [0.25, 0.3) is 0 Å². The molecule has 7 nitrogen and oxygen atoms in total. The summed E-state index contributed by atoms with van der Waals surface area (Å²) in [6.07, 6.45) is 1.33. The lowest BCUT2D eigenvalue weighted by Gasteiger charge is -2.07. The molecule has 8 heteroatoms. The molecule has 0 unspecified atom stereocenters. The van der Waals surface area contributed by atoms with E-state index in [0.717, 1.165) is 22.4 Å². The molecular weight excluding hydrogens is 222 g/mol. The first-order valence-electron chi connectivity index (χ1n) is 4.05. The Bertz CT molecular complexity index is 439. The second-order valence-electron chi connectivity index (χ2n) is 2.86. The fraction of sp³-hybridized carbons (Fsp3) is 0.286. The van der Waals surface area contributed by atoms with Crippen molar-refractivity contribution in [3.63, 3.8) is 0 Å². The summed E-state index contributed by atoms with van der Waals surface area (Å²) in [6, 6.07) is 0. The van der Waals surface area contributed by atoms with Gasteiger partial charge in [0.15, 0.2) is 0 Å². The zero-order chi connectivity index (χ0) is 11.0. The minimum Gasteiger partial charge on any atom is -0.274 e. The summed E-state index contributed by atoms with van der Waals surface area (Å²) in [5.74, 6) is -0.714. The topological polar surface area (TPSA) is 93.4 Å². The van der Waals surface area contributed by atoms with E-state index in [0.29, 0.717) is 0 Å². The number of carbonyl (C=O) groups is 2. The number of carbonyl (C=O) groups excluding carboxylic acids is 2. The Morgan fingerprint density at radius 2 is 2.00 bits per heavy atom. The SMILES string of the molecule is O=C1CCC(=O)N1c1ncc([N+](=O)[O-])s1. The number of thiazole rings is 1. The maximum atomic E-state index is 11.3. The summed E-state index contributed by atoms with van der Waals surface area (Å²) < 4.78 is 0. The predicted molar refractivity (Wildman–Crippen MR) is 50.5 cm³/mol. The number of imide groups is 1. The molecule has 1 fully saturated rings. The van der Waals surface area contributed by atoms with Gasteiger partial charge in [0.05, 0.1) is 4.92 Å². The molecule has 1 aromatic heterocycles. The lowest BCUT2D eigenvalue weighted by molar-refractivity contribution is -0.380. The smallest absolute Gasteiger partial charge is 0.274 e. The van der Waals surface area contributed by atoms with Crippen LogP contribution in [0, 0.1) is 10.1 Å². The van der Waals surface area contributed by atoms with E-state index in [4.69, 9.17) is 0 Å². The van der Waals surface area contributed by atoms with Crippen LogP contribution in [0.3, 0.4) is 0 Å². The van der Waals surface area contributed by atoms with E-state index in [1.54, 1.807) is 0 Å². The van der Waals surface area contributed by atoms with E-state index in [1.165, 1.54) is 0 Å². The van der Waals surface area contributed by atoms with Crippen LogP contribution < -0.4 is 4.90 Å². The number of nitro groups is 1. The van der Waals surface area contributed by atoms with Gasteiger partial charge in [-0.2, -0.15) is 0 Å². The second-order valence-corrected chi connectivity index (χ2v) is 3.85. The lowest BCUT2D eigenvalue weighted by Crippen LogP contribution is -2.28. The van der Waals surface area contributed by atoms with Crippen LogP contribution >= 0.6 is 11.3 Å². The van der Waals surface area contributed by atoms with Crippen LogP contribution in [0.4, 0.5) is 10.1 Å². The number of aromatic nitrogens is 1. The highest BCUT2D eigenvalue weighted by atomic mass is 32.1. The average molecular weight is 227 g/mol. The third-order valence-corrected chi connectivity index (χ3v) is 2.84. The van der Waals surface area contributed by atoms with Crippen LogP contribution in [0.1, 0.15) is 12.8 Å². The van der Waals surface area contributed by atoms with Crippen LogP contribution in [0.25, 0.3) is 0 Å². The van der Waals surface area contributed by atoms with Gasteiger partial charge < -0.3 is 0 Å². The number of rotatable bonds is 2. The monoisotopic (exact) mass is 227 g/mol. The Labute approximate surface area is 87.5 Å². The first-order valence-corrected chi connectivity index (χ1v) is 4.87. The Morgan fingerprint density at radius 3 is 2.47 bits per heavy atom. The van der Waals surface area contributed by atoms with Crippen LogP contribution in [-0.4, -0.2) is 21.7 Å². The van der Waals surface area contributed by atoms with Crippen molar-refractivity contribution < 1.29 is 14.5 Å². The fourth-order valence-corrected chi connectivity index (χ4v) is 2.00. The van der Waals surface area contributed by atoms with Crippen molar-refractivity contribution in [2.45, 2.75) is 12.8 Å². The molecule has 0 atom stereocenters. The van der Waals surface area contributed by atoms with Gasteiger partial charge in [0.2, 0.25) is 16.9 Å². The molecule has 0 N–H and O–H groups in total. The second kappa shape index (κ2) is 3.39. The molecule has 0 bridgehead atoms. The molecule has 1 aliphatic heterocycles. The highest BCUT2D eigenvalue weighted by Crippen LogP contribution is 2.31. The van der Waals surface area contributed by atoms with Gasteiger partial charge in [-0.1, -0.05) is 0 Å². The largest absolute Gasteiger partial charge is 0.345 e. The van der Waals surface area contributed by atoms with Crippen LogP contribution in [0.2, 0.25) is 0 Å². The third kappa shape index (κ3) is 1.59. The van der Waals surface area contributed by atoms with Crippen molar-refractivity contribution >= 4 is 33.3 Å². The van der Waals surface area contributed by atoms with Crippen LogP contribution in [0.15, 0.2) is 6.20 Å². The number of nitrogens with zero attached hydrogens (tertiary/aromatic N) is 3. The highest BCUT2D eigenvalue weighted by Gasteiger charge is 2.33. The summed E-state index contributed by atoms with van der Waals surface area (Å²) >= 11 is 0.720. The number of amides is 2. The van der Waals surface area contributed by atoms with Gasteiger partial charge in [-0.15, -0.1) is 0 Å². The summed E-state index contributed by atoms with van der Waals surface area (Å²) in [5.41, 5.74) is 0. The van der Waals surface area contributed by atoms with Crippen molar-refractivity contribution in [1.82, 2.24) is 4.98 Å². The molecule has 0 aromatic carbocycles. The molecule has 0 radical (unpaired) electrons. The van der Waals surface area contributed by atoms with Gasteiger partial charge >= 0.3 is 5.00 Å². The average Bonchev–Trinajstić information content (AvgIpc) is 2.73. The molecule has 2 rings (SSSR count). The minimum atomic E-state index is -0.605. The molecular formula is C7H5N3O4S. The van der Waals surface area contributed by atoms with E-state index >= 15 is 0 Å². The van der Waals surface area contributed by atoms with E-state index in [9.17, 15) is 19.7 Å². The first kappa shape index (κ1) is 9.71. The summed E-state index contributed by atoms with van der Waals surface area (Å²) in [4.78, 5) is 36.9. The number of hydrogen-bond donors (Lipinski definition) is 0. The summed E-state index contributed by atoms with van der Waals surface area (Å²) in [7, 11) is 0. The zero-order valence-electron chi connectivity index (χ0n) is 7.37. The van der Waals surface area contributed by atoms with Crippen molar-refractivity contribution in [1.29, 1.82) is 0 Å². The van der Waals surface area contributed by atoms with E-state index in [1.807, 2.05) is 0 Å². The predicted octanol–water partition coefficient (Wildman–Crippen LogP) is 0.705. The molecule has 1 aliphatic rings. The molecule has 2 heterocycles.